The molecule has 0 aliphatic rings. The van der Waals surface area contributed by atoms with Gasteiger partial charge in [-0.1, -0.05) is 42.5 Å². The molecule has 0 fully saturated rings. The zero-order valence-corrected chi connectivity index (χ0v) is 19.6. The topological polar surface area (TPSA) is 158 Å². The molecule has 0 bridgehead atoms. The van der Waals surface area contributed by atoms with Crippen LogP contribution in [0.2, 0.25) is 0 Å². The quantitative estimate of drug-likeness (QED) is 0.292. The summed E-state index contributed by atoms with van der Waals surface area (Å²) in [6, 6.07) is 14.3. The Labute approximate surface area is 205 Å². The Morgan fingerprint density at radius 2 is 1.81 bits per heavy atom. The van der Waals surface area contributed by atoms with Crippen LogP contribution in [0.15, 0.2) is 54.7 Å². The summed E-state index contributed by atoms with van der Waals surface area (Å²) in [6.07, 6.45) is 1.21. The van der Waals surface area contributed by atoms with Gasteiger partial charge in [-0.25, -0.2) is 9.67 Å². The number of carbonyl (C=O) groups excluding carboxylic acids is 3. The van der Waals surface area contributed by atoms with Crippen LogP contribution in [0, 0.1) is 5.95 Å². The van der Waals surface area contributed by atoms with Crippen molar-refractivity contribution in [3.05, 3.63) is 77.5 Å². The van der Waals surface area contributed by atoms with Gasteiger partial charge in [0.15, 0.2) is 5.69 Å². The van der Waals surface area contributed by atoms with Crippen molar-refractivity contribution in [3.8, 4) is 0 Å². The molecule has 2 heterocycles. The Balaban J connectivity index is 1.54. The third-order valence-corrected chi connectivity index (χ3v) is 5.50. The van der Waals surface area contributed by atoms with Crippen molar-refractivity contribution in [2.75, 3.05) is 16.4 Å². The molecule has 3 amide bonds. The van der Waals surface area contributed by atoms with Crippen molar-refractivity contribution in [2.24, 2.45) is 5.73 Å². The molecule has 0 atom stereocenters. The molecule has 184 valence electrons. The minimum atomic E-state index is -0.993. The molecule has 4 aromatic rings. The third-order valence-electron chi connectivity index (χ3n) is 5.50. The fraction of sp³-hybridized carbons (Fsp3) is 0.160. The number of benzene rings is 2. The Bertz CT molecular complexity index is 1490. The number of carbonyl (C=O) groups is 3. The molecule has 0 unspecified atom stereocenters. The first-order valence-electron chi connectivity index (χ1n) is 11.1. The molecule has 0 saturated heterocycles. The summed E-state index contributed by atoms with van der Waals surface area (Å²) in [5, 5.41) is 11.0. The van der Waals surface area contributed by atoms with E-state index in [4.69, 9.17) is 11.5 Å². The molecule has 0 aliphatic heterocycles. The number of nitrogens with one attached hydrogen (secondary N) is 2. The molecule has 6 N–H and O–H groups in total. The van der Waals surface area contributed by atoms with Gasteiger partial charge in [0.25, 0.3) is 11.8 Å². The van der Waals surface area contributed by atoms with E-state index in [9.17, 15) is 18.8 Å². The number of aromatic nitrogens is 3. The third kappa shape index (κ3) is 4.85. The number of amides is 3. The predicted octanol–water partition coefficient (Wildman–Crippen LogP) is 3.27. The summed E-state index contributed by atoms with van der Waals surface area (Å²) in [5.41, 5.74) is 11.4. The van der Waals surface area contributed by atoms with Crippen molar-refractivity contribution in [1.82, 2.24) is 14.8 Å². The Morgan fingerprint density at radius 3 is 2.53 bits per heavy atom. The fourth-order valence-corrected chi connectivity index (χ4v) is 3.85. The molecule has 0 spiro atoms. The van der Waals surface area contributed by atoms with Crippen LogP contribution in [-0.4, -0.2) is 32.5 Å². The van der Waals surface area contributed by atoms with E-state index in [1.165, 1.54) is 10.7 Å². The average molecular weight is 490 g/mol. The van der Waals surface area contributed by atoms with Crippen LogP contribution in [0.25, 0.3) is 10.8 Å². The monoisotopic (exact) mass is 489 g/mol. The molecule has 0 aliphatic carbocycles. The largest absolute Gasteiger partial charge is 0.383 e. The molecule has 11 heteroatoms. The Kier molecular flexibility index (Phi) is 6.64. The van der Waals surface area contributed by atoms with Gasteiger partial charge in [0.05, 0.1) is 24.0 Å². The molecular formula is C25H24FN7O3. The number of hydrogen-bond donors (Lipinski definition) is 4. The maximum Gasteiger partial charge on any atom is 0.277 e. The summed E-state index contributed by atoms with van der Waals surface area (Å²) < 4.78 is 15.7. The van der Waals surface area contributed by atoms with Gasteiger partial charge >= 0.3 is 0 Å². The first-order valence-corrected chi connectivity index (χ1v) is 11.1. The van der Waals surface area contributed by atoms with Crippen LogP contribution in [0.3, 0.4) is 0 Å². The summed E-state index contributed by atoms with van der Waals surface area (Å²) in [6.45, 7) is 3.51. The van der Waals surface area contributed by atoms with Gasteiger partial charge in [0.1, 0.15) is 11.4 Å². The van der Waals surface area contributed by atoms with Crippen LogP contribution in [0.1, 0.15) is 46.3 Å². The molecule has 2 aromatic carbocycles. The van der Waals surface area contributed by atoms with E-state index in [0.717, 1.165) is 22.5 Å². The molecular weight excluding hydrogens is 465 g/mol. The number of nitrogens with zero attached hydrogens (tertiary/aromatic N) is 3. The van der Waals surface area contributed by atoms with Gasteiger partial charge in [-0.05, 0) is 36.2 Å². The number of halogens is 1. The van der Waals surface area contributed by atoms with E-state index < -0.39 is 17.8 Å². The van der Waals surface area contributed by atoms with Crippen molar-refractivity contribution in [2.45, 2.75) is 26.3 Å². The van der Waals surface area contributed by atoms with Gasteiger partial charge in [-0.15, -0.1) is 0 Å². The molecule has 4 rings (SSSR count). The van der Waals surface area contributed by atoms with Gasteiger partial charge in [0, 0.05) is 6.04 Å². The number of fused-ring (bicyclic) bond motifs is 1. The number of nitrogens with two attached hydrogens (primary N) is 2. The number of hydrogen-bond acceptors (Lipinski definition) is 6. The Morgan fingerprint density at radius 1 is 1.08 bits per heavy atom. The lowest BCUT2D eigenvalue weighted by molar-refractivity contribution is -0.115. The molecule has 0 saturated carbocycles. The summed E-state index contributed by atoms with van der Waals surface area (Å²) in [4.78, 5) is 41.0. The average Bonchev–Trinajstić information content (AvgIpc) is 3.19. The standard InChI is InChI=1S/C25H24FN7O3/c1-13(2)33-23(27)20(24(28)35)21(32-33)25(36)31-18-11-16(12-29-22(18)26)30-19(34)10-15-8-5-7-14-6-3-4-9-17(14)15/h3-9,11-13H,10,27H2,1-2H3,(H2,28,35)(H,30,34)(H,31,36). The second-order valence-electron chi connectivity index (χ2n) is 8.39. The molecule has 10 nitrogen and oxygen atoms in total. The first-order chi connectivity index (χ1) is 17.2. The summed E-state index contributed by atoms with van der Waals surface area (Å²) >= 11 is 0. The number of nitrogen functional groups attached to an aromatic ring is 1. The predicted molar refractivity (Wildman–Crippen MR) is 134 cm³/mol. The molecule has 36 heavy (non-hydrogen) atoms. The second-order valence-corrected chi connectivity index (χ2v) is 8.39. The SMILES string of the molecule is CC(C)n1nc(C(=O)Nc2cc(NC(=O)Cc3cccc4ccccc34)cnc2F)c(C(N)=O)c1N. The van der Waals surface area contributed by atoms with Gasteiger partial charge in [0.2, 0.25) is 11.9 Å². The van der Waals surface area contributed by atoms with Gasteiger partial charge in [-0.3, -0.25) is 14.4 Å². The fourth-order valence-electron chi connectivity index (χ4n) is 3.85. The maximum atomic E-state index is 14.4. The molecule has 0 radical (unpaired) electrons. The van der Waals surface area contributed by atoms with E-state index in [-0.39, 0.29) is 46.8 Å². The van der Waals surface area contributed by atoms with Gasteiger partial charge < -0.3 is 22.1 Å². The number of pyridine rings is 1. The van der Waals surface area contributed by atoms with E-state index in [2.05, 4.69) is 20.7 Å². The van der Waals surface area contributed by atoms with E-state index in [1.54, 1.807) is 13.8 Å². The van der Waals surface area contributed by atoms with Crippen molar-refractivity contribution < 1.29 is 18.8 Å². The summed E-state index contributed by atoms with van der Waals surface area (Å²) in [5.74, 6) is -3.27. The highest BCUT2D eigenvalue weighted by molar-refractivity contribution is 6.13. The van der Waals surface area contributed by atoms with Crippen molar-refractivity contribution in [1.29, 1.82) is 0 Å². The summed E-state index contributed by atoms with van der Waals surface area (Å²) in [7, 11) is 0. The van der Waals surface area contributed by atoms with Crippen LogP contribution in [-0.2, 0) is 11.2 Å². The highest BCUT2D eigenvalue weighted by Gasteiger charge is 2.27. The zero-order valence-electron chi connectivity index (χ0n) is 19.6. The van der Waals surface area contributed by atoms with Crippen LogP contribution >= 0.6 is 0 Å². The highest BCUT2D eigenvalue weighted by atomic mass is 19.1. The normalized spacial score (nSPS) is 11.0. The van der Waals surface area contributed by atoms with Crippen LogP contribution in [0.5, 0.6) is 0 Å². The lowest BCUT2D eigenvalue weighted by Crippen LogP contribution is -2.21. The van der Waals surface area contributed by atoms with Crippen LogP contribution in [0.4, 0.5) is 21.6 Å². The minimum Gasteiger partial charge on any atom is -0.383 e. The number of primary amides is 1. The van der Waals surface area contributed by atoms with Crippen molar-refractivity contribution in [3.63, 3.8) is 0 Å². The second kappa shape index (κ2) is 9.82. The highest BCUT2D eigenvalue weighted by Crippen LogP contribution is 2.24. The minimum absolute atomic E-state index is 0.0734. The smallest absolute Gasteiger partial charge is 0.277 e. The zero-order chi connectivity index (χ0) is 26.0. The van der Waals surface area contributed by atoms with Crippen LogP contribution < -0.4 is 22.1 Å². The lowest BCUT2D eigenvalue weighted by Gasteiger charge is -2.10. The number of rotatable bonds is 7. The lowest BCUT2D eigenvalue weighted by atomic mass is 10.0. The van der Waals surface area contributed by atoms with E-state index in [1.807, 2.05) is 42.5 Å². The maximum absolute atomic E-state index is 14.4. The Hall–Kier alpha value is -4.80. The number of anilines is 3. The van der Waals surface area contributed by atoms with E-state index in [0.29, 0.717) is 0 Å². The van der Waals surface area contributed by atoms with Gasteiger partial charge in [-0.2, -0.15) is 9.49 Å². The van der Waals surface area contributed by atoms with E-state index >= 15 is 0 Å². The molecule has 2 aromatic heterocycles. The first kappa shape index (κ1) is 24.3. The van der Waals surface area contributed by atoms with Crippen molar-refractivity contribution >= 4 is 45.7 Å².